The van der Waals surface area contributed by atoms with Crippen molar-refractivity contribution in [1.82, 2.24) is 0 Å². The Morgan fingerprint density at radius 1 is 0.562 bits per heavy atom. The average Bonchev–Trinajstić information content (AvgIpc) is 3.23. The highest BCUT2D eigenvalue weighted by molar-refractivity contribution is 6.78. The maximum Gasteiger partial charge on any atom is 0.338 e. The number of hydrogen-bond donors (Lipinski definition) is 4. The predicted molar refractivity (Wildman–Crippen MR) is 194 cm³/mol. The van der Waals surface area contributed by atoms with E-state index in [-0.39, 0.29) is 11.8 Å². The number of rotatable bonds is 14. The molecule has 0 aromatic heterocycles. The Bertz CT molecular complexity index is 932. The summed E-state index contributed by atoms with van der Waals surface area (Å²) in [6.07, 6.45) is 2.03. The first-order valence-corrected chi connectivity index (χ1v) is 22.1. The van der Waals surface area contributed by atoms with E-state index in [2.05, 4.69) is 83.1 Å². The molecule has 0 aliphatic carbocycles. The molecule has 0 amide bonds. The van der Waals surface area contributed by atoms with E-state index in [1.165, 1.54) is 0 Å². The molecule has 2 aliphatic rings. The third-order valence-corrected chi connectivity index (χ3v) is 22.5. The van der Waals surface area contributed by atoms with Crippen LogP contribution in [0, 0.1) is 11.8 Å². The fourth-order valence-corrected chi connectivity index (χ4v) is 18.9. The Balaban J connectivity index is 0.000000480. The van der Waals surface area contributed by atoms with Gasteiger partial charge in [0.05, 0.1) is 13.2 Å². The zero-order valence-electron chi connectivity index (χ0n) is 32.0. The van der Waals surface area contributed by atoms with Crippen molar-refractivity contribution in [3.8, 4) is 0 Å². The molecule has 280 valence electrons. The van der Waals surface area contributed by atoms with Crippen molar-refractivity contribution in [1.29, 1.82) is 0 Å². The standard InChI is InChI=1S/2C18H34O5Si/c2*1-11(2)24(12(3)4,13(5)6)23-16-9-8-14(7)17(15(20)10-19)22-18(16)21/h2*8-9,11-17,19-20H,10H2,1-7H3/t2*14-,15-,16+,17-/m11/s1. The summed E-state index contributed by atoms with van der Waals surface area (Å²) in [4.78, 5) is 25.1. The quantitative estimate of drug-likeness (QED) is 0.0952. The van der Waals surface area contributed by atoms with E-state index < -0.39 is 78.4 Å². The summed E-state index contributed by atoms with van der Waals surface area (Å²) in [6, 6.07) is 0. The monoisotopic (exact) mass is 716 g/mol. The number of hydrogen-bond acceptors (Lipinski definition) is 10. The van der Waals surface area contributed by atoms with Gasteiger partial charge in [0.1, 0.15) is 24.4 Å². The van der Waals surface area contributed by atoms with E-state index in [1.807, 2.05) is 26.0 Å². The molecule has 0 saturated carbocycles. The summed E-state index contributed by atoms with van der Waals surface area (Å²) in [5.41, 5.74) is 2.16. The van der Waals surface area contributed by atoms with Crippen molar-refractivity contribution in [2.24, 2.45) is 11.8 Å². The Hall–Kier alpha value is -1.39. The number of esters is 2. The van der Waals surface area contributed by atoms with Gasteiger partial charge >= 0.3 is 11.9 Å². The summed E-state index contributed by atoms with van der Waals surface area (Å²) in [5, 5.41) is 38.1. The molecule has 0 aromatic rings. The van der Waals surface area contributed by atoms with Crippen molar-refractivity contribution in [3.63, 3.8) is 0 Å². The van der Waals surface area contributed by atoms with Gasteiger partial charge in [0.25, 0.3) is 0 Å². The average molecular weight is 717 g/mol. The van der Waals surface area contributed by atoms with Gasteiger partial charge in [-0.2, -0.15) is 0 Å². The van der Waals surface area contributed by atoms with Crippen molar-refractivity contribution in [3.05, 3.63) is 24.3 Å². The van der Waals surface area contributed by atoms with Gasteiger partial charge in [-0.25, -0.2) is 9.59 Å². The number of aliphatic hydroxyl groups excluding tert-OH is 4. The van der Waals surface area contributed by atoms with Crippen LogP contribution in [-0.2, 0) is 27.9 Å². The second kappa shape index (κ2) is 19.3. The van der Waals surface area contributed by atoms with E-state index in [1.54, 1.807) is 12.2 Å². The molecule has 2 aliphatic heterocycles. The summed E-state index contributed by atoms with van der Waals surface area (Å²) in [7, 11) is -4.45. The van der Waals surface area contributed by atoms with Crippen molar-refractivity contribution in [2.45, 2.75) is 167 Å². The van der Waals surface area contributed by atoms with Gasteiger partial charge in [-0.05, 0) is 45.4 Å². The maximum absolute atomic E-state index is 12.6. The maximum atomic E-state index is 12.6. The van der Waals surface area contributed by atoms with E-state index in [0.717, 1.165) is 0 Å². The molecule has 0 aromatic carbocycles. The second-order valence-corrected chi connectivity index (χ2v) is 26.3. The van der Waals surface area contributed by atoms with E-state index in [4.69, 9.17) is 28.5 Å². The normalized spacial score (nSPS) is 26.8. The Morgan fingerprint density at radius 2 is 0.812 bits per heavy atom. The van der Waals surface area contributed by atoms with Crippen LogP contribution in [0.1, 0.15) is 96.9 Å². The van der Waals surface area contributed by atoms with Crippen molar-refractivity contribution >= 4 is 28.6 Å². The molecule has 12 heteroatoms. The number of carbonyl (C=O) groups excluding carboxylic acids is 2. The summed E-state index contributed by atoms with van der Waals surface area (Å²) < 4.78 is 23.9. The molecular formula is C36H68O10Si2. The fraction of sp³-hybridized carbons (Fsp3) is 0.833. The van der Waals surface area contributed by atoms with Crippen LogP contribution < -0.4 is 0 Å². The van der Waals surface area contributed by atoms with Gasteiger partial charge in [-0.15, -0.1) is 0 Å². The lowest BCUT2D eigenvalue weighted by atomic mass is 10.00. The topological polar surface area (TPSA) is 152 Å². The van der Waals surface area contributed by atoms with Gasteiger partial charge in [0.2, 0.25) is 16.6 Å². The van der Waals surface area contributed by atoms with Crippen LogP contribution in [0.25, 0.3) is 0 Å². The van der Waals surface area contributed by atoms with Gasteiger partial charge in [0, 0.05) is 11.8 Å². The molecule has 2 rings (SSSR count). The number of ether oxygens (including phenoxy) is 2. The Labute approximate surface area is 292 Å². The summed E-state index contributed by atoms with van der Waals surface area (Å²) in [5.74, 6) is -1.32. The molecule has 0 unspecified atom stereocenters. The minimum absolute atomic E-state index is 0.182. The first kappa shape index (κ1) is 44.6. The minimum Gasteiger partial charge on any atom is -0.457 e. The molecule has 0 saturated heterocycles. The smallest absolute Gasteiger partial charge is 0.338 e. The van der Waals surface area contributed by atoms with Gasteiger partial charge in [-0.3, -0.25) is 0 Å². The lowest BCUT2D eigenvalue weighted by Crippen LogP contribution is -2.51. The zero-order valence-corrected chi connectivity index (χ0v) is 34.0. The summed E-state index contributed by atoms with van der Waals surface area (Å²) >= 11 is 0. The van der Waals surface area contributed by atoms with Gasteiger partial charge in [-0.1, -0.05) is 109 Å². The SMILES string of the molecule is CC(C)[Si](O[C@H]1C=C[C@@H](C)[C@H]([C@H](O)CO)OC1=O)(C(C)C)C(C)C.CC(C)[Si](O[C@H]1C=C[C@@H](C)[C@H]([C@H](O)CO)OC1=O)(C(C)C)C(C)C. The molecule has 2 heterocycles. The first-order valence-electron chi connectivity index (χ1n) is 17.9. The minimum atomic E-state index is -2.22. The number of carbonyl (C=O) groups is 2. The van der Waals surface area contributed by atoms with Crippen LogP contribution in [0.5, 0.6) is 0 Å². The Kier molecular flexibility index (Phi) is 17.9. The van der Waals surface area contributed by atoms with E-state index in [0.29, 0.717) is 33.2 Å². The van der Waals surface area contributed by atoms with Crippen LogP contribution in [0.4, 0.5) is 0 Å². The lowest BCUT2D eigenvalue weighted by molar-refractivity contribution is -0.165. The van der Waals surface area contributed by atoms with Crippen LogP contribution in [0.15, 0.2) is 24.3 Å². The lowest BCUT2D eigenvalue weighted by Gasteiger charge is -2.43. The molecule has 0 spiro atoms. The highest BCUT2D eigenvalue weighted by Crippen LogP contribution is 2.45. The van der Waals surface area contributed by atoms with Crippen LogP contribution in [-0.4, -0.2) is 98.8 Å². The van der Waals surface area contributed by atoms with Gasteiger partial charge in [0.15, 0.2) is 12.2 Å². The largest absolute Gasteiger partial charge is 0.457 e. The molecule has 4 N–H and O–H groups in total. The van der Waals surface area contributed by atoms with Crippen LogP contribution in [0.3, 0.4) is 0 Å². The number of cyclic esters (lactones) is 2. The van der Waals surface area contributed by atoms with Crippen molar-refractivity contribution < 1.29 is 48.3 Å². The zero-order chi connectivity index (χ0) is 37.3. The molecular weight excluding hydrogens is 649 g/mol. The summed E-state index contributed by atoms with van der Waals surface area (Å²) in [6.45, 7) is 28.8. The third kappa shape index (κ3) is 10.3. The number of aliphatic hydroxyl groups is 4. The molecule has 48 heavy (non-hydrogen) atoms. The second-order valence-electron chi connectivity index (χ2n) is 15.5. The molecule has 0 radical (unpaired) electrons. The third-order valence-electron chi connectivity index (χ3n) is 10.4. The fourth-order valence-electron chi connectivity index (χ4n) is 8.04. The molecule has 8 atom stereocenters. The predicted octanol–water partition coefficient (Wildman–Crippen LogP) is 6.04. The van der Waals surface area contributed by atoms with E-state index >= 15 is 0 Å². The van der Waals surface area contributed by atoms with Gasteiger partial charge < -0.3 is 38.8 Å². The van der Waals surface area contributed by atoms with E-state index in [9.17, 15) is 19.8 Å². The molecule has 0 bridgehead atoms. The first-order chi connectivity index (χ1) is 22.1. The van der Waals surface area contributed by atoms with Crippen LogP contribution >= 0.6 is 0 Å². The molecule has 10 nitrogen and oxygen atoms in total. The molecule has 0 fully saturated rings. The van der Waals surface area contributed by atoms with Crippen molar-refractivity contribution in [2.75, 3.05) is 13.2 Å². The highest BCUT2D eigenvalue weighted by atomic mass is 28.4. The Morgan fingerprint density at radius 3 is 1.02 bits per heavy atom. The highest BCUT2D eigenvalue weighted by Gasteiger charge is 2.49. The van der Waals surface area contributed by atoms with Crippen LogP contribution in [0.2, 0.25) is 33.2 Å².